The van der Waals surface area contributed by atoms with Crippen molar-refractivity contribution in [1.29, 1.82) is 0 Å². The van der Waals surface area contributed by atoms with Crippen LogP contribution in [0.15, 0.2) is 4.52 Å². The average Bonchev–Trinajstić information content (AvgIpc) is 2.95. The molecule has 21 heavy (non-hydrogen) atoms. The average molecular weight is 292 g/mol. The van der Waals surface area contributed by atoms with Crippen molar-refractivity contribution in [3.05, 3.63) is 5.89 Å². The van der Waals surface area contributed by atoms with Crippen LogP contribution in [-0.4, -0.2) is 29.3 Å². The maximum absolute atomic E-state index is 6.24. The Kier molecular flexibility index (Phi) is 3.95. The molecule has 5 heteroatoms. The van der Waals surface area contributed by atoms with Crippen molar-refractivity contribution in [2.75, 3.05) is 18.0 Å². The Morgan fingerprint density at radius 3 is 2.62 bits per heavy atom. The molecule has 2 aliphatic rings. The maximum atomic E-state index is 6.24. The van der Waals surface area contributed by atoms with Gasteiger partial charge in [0.2, 0.25) is 5.89 Å². The van der Waals surface area contributed by atoms with E-state index in [9.17, 15) is 0 Å². The predicted molar refractivity (Wildman–Crippen MR) is 83.3 cm³/mol. The van der Waals surface area contributed by atoms with Crippen LogP contribution in [0.4, 0.5) is 5.95 Å². The maximum Gasteiger partial charge on any atom is 0.266 e. The molecule has 0 aromatic carbocycles. The number of rotatable bonds is 2. The van der Waals surface area contributed by atoms with E-state index in [2.05, 4.69) is 30.8 Å². The SMILES string of the molecule is CC1C(N)CCC(c2nc(N3CCCCC3)no2)C1(C)C. The third kappa shape index (κ3) is 2.68. The summed E-state index contributed by atoms with van der Waals surface area (Å²) in [7, 11) is 0. The Bertz CT molecular complexity index is 478. The molecule has 0 bridgehead atoms. The van der Waals surface area contributed by atoms with Crippen molar-refractivity contribution in [3.8, 4) is 0 Å². The van der Waals surface area contributed by atoms with Crippen molar-refractivity contribution in [3.63, 3.8) is 0 Å². The van der Waals surface area contributed by atoms with Gasteiger partial charge in [0.05, 0.1) is 0 Å². The summed E-state index contributed by atoms with van der Waals surface area (Å²) in [6, 6.07) is 0.278. The zero-order valence-electron chi connectivity index (χ0n) is 13.5. The molecule has 1 saturated heterocycles. The molecule has 1 aliphatic heterocycles. The Balaban J connectivity index is 1.79. The largest absolute Gasteiger partial charge is 0.338 e. The number of nitrogens with zero attached hydrogens (tertiary/aromatic N) is 3. The van der Waals surface area contributed by atoms with Gasteiger partial charge in [-0.25, -0.2) is 0 Å². The molecular weight excluding hydrogens is 264 g/mol. The molecule has 1 saturated carbocycles. The molecule has 0 spiro atoms. The second-order valence-corrected chi connectivity index (χ2v) is 7.38. The first kappa shape index (κ1) is 14.8. The number of hydrogen-bond acceptors (Lipinski definition) is 5. The standard InChI is InChI=1S/C16H28N4O/c1-11-13(17)8-7-12(16(11,2)3)14-18-15(19-21-14)20-9-5-4-6-10-20/h11-13H,4-10,17H2,1-3H3. The third-order valence-corrected chi connectivity index (χ3v) is 5.87. The molecule has 5 nitrogen and oxygen atoms in total. The molecule has 3 unspecified atom stereocenters. The summed E-state index contributed by atoms with van der Waals surface area (Å²) in [5, 5.41) is 4.23. The number of piperidine rings is 1. The summed E-state index contributed by atoms with van der Waals surface area (Å²) in [6.45, 7) is 8.92. The summed E-state index contributed by atoms with van der Waals surface area (Å²) in [4.78, 5) is 6.97. The molecule has 2 N–H and O–H groups in total. The summed E-state index contributed by atoms with van der Waals surface area (Å²) in [5.74, 6) is 2.36. The van der Waals surface area contributed by atoms with E-state index in [0.717, 1.165) is 37.8 Å². The van der Waals surface area contributed by atoms with Gasteiger partial charge in [-0.3, -0.25) is 0 Å². The predicted octanol–water partition coefficient (Wildman–Crippen LogP) is 2.93. The first-order valence-electron chi connectivity index (χ1n) is 8.34. The smallest absolute Gasteiger partial charge is 0.266 e. The fraction of sp³-hybridized carbons (Fsp3) is 0.875. The summed E-state index contributed by atoms with van der Waals surface area (Å²) in [5.41, 5.74) is 6.34. The Morgan fingerprint density at radius 1 is 1.19 bits per heavy atom. The highest BCUT2D eigenvalue weighted by atomic mass is 16.5. The molecule has 118 valence electrons. The van der Waals surface area contributed by atoms with Gasteiger partial charge in [0.15, 0.2) is 0 Å². The van der Waals surface area contributed by atoms with E-state index in [4.69, 9.17) is 15.2 Å². The number of hydrogen-bond donors (Lipinski definition) is 1. The van der Waals surface area contributed by atoms with Crippen LogP contribution in [0.1, 0.15) is 64.7 Å². The summed E-state index contributed by atoms with van der Waals surface area (Å²) < 4.78 is 5.63. The lowest BCUT2D eigenvalue weighted by molar-refractivity contribution is 0.0806. The highest BCUT2D eigenvalue weighted by molar-refractivity contribution is 5.29. The van der Waals surface area contributed by atoms with Crippen LogP contribution >= 0.6 is 0 Å². The number of aromatic nitrogens is 2. The molecule has 3 rings (SSSR count). The van der Waals surface area contributed by atoms with E-state index in [1.807, 2.05) is 0 Å². The van der Waals surface area contributed by atoms with Gasteiger partial charge < -0.3 is 15.2 Å². The van der Waals surface area contributed by atoms with Crippen LogP contribution in [0, 0.1) is 11.3 Å². The van der Waals surface area contributed by atoms with Crippen LogP contribution in [0.2, 0.25) is 0 Å². The fourth-order valence-corrected chi connectivity index (χ4v) is 3.88. The van der Waals surface area contributed by atoms with Crippen molar-refractivity contribution < 1.29 is 4.52 Å². The summed E-state index contributed by atoms with van der Waals surface area (Å²) >= 11 is 0. The second kappa shape index (κ2) is 5.59. The van der Waals surface area contributed by atoms with E-state index >= 15 is 0 Å². The molecular formula is C16H28N4O. The first-order valence-corrected chi connectivity index (χ1v) is 8.34. The van der Waals surface area contributed by atoms with Crippen LogP contribution in [-0.2, 0) is 0 Å². The highest BCUT2D eigenvalue weighted by Gasteiger charge is 2.45. The number of nitrogens with two attached hydrogens (primary N) is 1. The van der Waals surface area contributed by atoms with Crippen LogP contribution in [0.5, 0.6) is 0 Å². The van der Waals surface area contributed by atoms with Gasteiger partial charge in [-0.05, 0) is 48.6 Å². The lowest BCUT2D eigenvalue weighted by Crippen LogP contribution is -2.45. The highest BCUT2D eigenvalue weighted by Crippen LogP contribution is 2.49. The second-order valence-electron chi connectivity index (χ2n) is 7.38. The van der Waals surface area contributed by atoms with Gasteiger partial charge in [-0.2, -0.15) is 4.98 Å². The minimum Gasteiger partial charge on any atom is -0.338 e. The van der Waals surface area contributed by atoms with Gasteiger partial charge in [0, 0.05) is 25.0 Å². The third-order valence-electron chi connectivity index (χ3n) is 5.87. The van der Waals surface area contributed by atoms with Gasteiger partial charge in [0.1, 0.15) is 0 Å². The molecule has 0 radical (unpaired) electrons. The van der Waals surface area contributed by atoms with E-state index in [1.165, 1.54) is 19.3 Å². The van der Waals surface area contributed by atoms with Gasteiger partial charge >= 0.3 is 0 Å². The van der Waals surface area contributed by atoms with E-state index < -0.39 is 0 Å². The lowest BCUT2D eigenvalue weighted by Gasteiger charge is -2.45. The topological polar surface area (TPSA) is 68.2 Å². The number of anilines is 1. The molecule has 2 fully saturated rings. The zero-order chi connectivity index (χ0) is 15.0. The molecule has 0 amide bonds. The molecule has 1 aromatic rings. The van der Waals surface area contributed by atoms with Crippen molar-refractivity contribution in [1.82, 2.24) is 10.1 Å². The van der Waals surface area contributed by atoms with Gasteiger partial charge in [-0.1, -0.05) is 20.8 Å². The molecule has 2 heterocycles. The molecule has 1 aromatic heterocycles. The normalized spacial score (nSPS) is 33.1. The van der Waals surface area contributed by atoms with Crippen LogP contribution in [0.3, 0.4) is 0 Å². The van der Waals surface area contributed by atoms with Crippen molar-refractivity contribution in [2.45, 2.75) is 64.8 Å². The Hall–Kier alpha value is -1.10. The lowest BCUT2D eigenvalue weighted by atomic mass is 9.61. The monoisotopic (exact) mass is 292 g/mol. The van der Waals surface area contributed by atoms with Crippen LogP contribution < -0.4 is 10.6 Å². The van der Waals surface area contributed by atoms with E-state index in [1.54, 1.807) is 0 Å². The molecule has 1 aliphatic carbocycles. The van der Waals surface area contributed by atoms with Gasteiger partial charge in [-0.15, -0.1) is 0 Å². The van der Waals surface area contributed by atoms with Crippen molar-refractivity contribution >= 4 is 5.95 Å². The minimum atomic E-state index is 0.101. The first-order chi connectivity index (χ1) is 10.00. The fourth-order valence-electron chi connectivity index (χ4n) is 3.88. The van der Waals surface area contributed by atoms with E-state index in [-0.39, 0.29) is 11.5 Å². The van der Waals surface area contributed by atoms with Crippen LogP contribution in [0.25, 0.3) is 0 Å². The van der Waals surface area contributed by atoms with Gasteiger partial charge in [0.25, 0.3) is 5.95 Å². The quantitative estimate of drug-likeness (QED) is 0.907. The zero-order valence-corrected chi connectivity index (χ0v) is 13.5. The minimum absolute atomic E-state index is 0.101. The Labute approximate surface area is 127 Å². The van der Waals surface area contributed by atoms with Crippen molar-refractivity contribution in [2.24, 2.45) is 17.1 Å². The molecule has 3 atom stereocenters. The van der Waals surface area contributed by atoms with E-state index in [0.29, 0.717) is 11.8 Å². The summed E-state index contributed by atoms with van der Waals surface area (Å²) in [6.07, 6.45) is 5.85. The Morgan fingerprint density at radius 2 is 1.90 bits per heavy atom.